The van der Waals surface area contributed by atoms with Crippen LogP contribution in [0.25, 0.3) is 0 Å². The Bertz CT molecular complexity index is 967. The van der Waals surface area contributed by atoms with E-state index in [0.717, 1.165) is 54.7 Å². The zero-order valence-corrected chi connectivity index (χ0v) is 18.3. The van der Waals surface area contributed by atoms with E-state index in [4.69, 9.17) is 5.73 Å². The van der Waals surface area contributed by atoms with Gasteiger partial charge in [0.15, 0.2) is 5.16 Å². The molecule has 0 aromatic carbocycles. The molecule has 0 bridgehead atoms. The lowest BCUT2D eigenvalue weighted by Gasteiger charge is -2.18. The number of thiophene rings is 1. The lowest BCUT2D eigenvalue weighted by molar-refractivity contribution is -0.113. The minimum atomic E-state index is -0.505. The molecule has 1 aliphatic carbocycles. The number of primary amides is 1. The molecule has 0 fully saturated rings. The number of amides is 2. The summed E-state index contributed by atoms with van der Waals surface area (Å²) in [6, 6.07) is 1.50. The van der Waals surface area contributed by atoms with Crippen LogP contribution in [0.15, 0.2) is 16.0 Å². The van der Waals surface area contributed by atoms with Crippen molar-refractivity contribution in [1.29, 1.82) is 0 Å². The predicted octanol–water partition coefficient (Wildman–Crippen LogP) is 3.13. The number of fused-ring (bicyclic) bond motifs is 1. The van der Waals surface area contributed by atoms with Gasteiger partial charge in [-0.1, -0.05) is 32.0 Å². The van der Waals surface area contributed by atoms with Crippen molar-refractivity contribution in [2.75, 3.05) is 11.1 Å². The van der Waals surface area contributed by atoms with Crippen LogP contribution in [0.2, 0.25) is 0 Å². The maximum Gasteiger partial charge on any atom is 0.251 e. The van der Waals surface area contributed by atoms with Gasteiger partial charge in [0.1, 0.15) is 5.00 Å². The maximum absolute atomic E-state index is 12.5. The highest BCUT2D eigenvalue weighted by atomic mass is 32.2. The molecule has 0 saturated carbocycles. The number of carbonyl (C=O) groups is 2. The summed E-state index contributed by atoms with van der Waals surface area (Å²) in [5.41, 5.74) is 7.54. The van der Waals surface area contributed by atoms with Crippen LogP contribution in [-0.2, 0) is 24.1 Å². The molecule has 0 spiro atoms. The number of hydrogen-bond donors (Lipinski definition) is 3. The first-order valence-electron chi connectivity index (χ1n) is 9.84. The number of aromatic nitrogens is 2. The van der Waals surface area contributed by atoms with Crippen LogP contribution in [0.5, 0.6) is 0 Å². The number of rotatable bonds is 8. The minimum absolute atomic E-state index is 0.0807. The molecule has 9 heteroatoms. The predicted molar refractivity (Wildman–Crippen MR) is 117 cm³/mol. The quantitative estimate of drug-likeness (QED) is 0.436. The van der Waals surface area contributed by atoms with Crippen LogP contribution in [0.1, 0.15) is 59.6 Å². The van der Waals surface area contributed by atoms with Gasteiger partial charge >= 0.3 is 0 Å². The summed E-state index contributed by atoms with van der Waals surface area (Å²) >= 11 is 2.61. The second kappa shape index (κ2) is 9.58. The molecule has 2 aromatic rings. The number of thioether (sulfide) groups is 1. The number of aromatic amines is 1. The van der Waals surface area contributed by atoms with Crippen molar-refractivity contribution in [3.05, 3.63) is 38.1 Å². The molecule has 0 saturated heterocycles. The summed E-state index contributed by atoms with van der Waals surface area (Å²) < 4.78 is 0. The molecule has 0 aliphatic heterocycles. The molecule has 1 atom stereocenters. The second-order valence-electron chi connectivity index (χ2n) is 7.40. The largest absolute Gasteiger partial charge is 0.365 e. The van der Waals surface area contributed by atoms with Gasteiger partial charge in [-0.3, -0.25) is 14.4 Å². The Morgan fingerprint density at radius 1 is 1.45 bits per heavy atom. The molecule has 156 valence electrons. The van der Waals surface area contributed by atoms with Crippen molar-refractivity contribution in [3.8, 4) is 0 Å². The number of nitrogens with zero attached hydrogens (tertiary/aromatic N) is 1. The Morgan fingerprint density at radius 2 is 2.24 bits per heavy atom. The molecule has 7 nitrogen and oxygen atoms in total. The fourth-order valence-corrected chi connectivity index (χ4v) is 5.56. The Balaban J connectivity index is 1.68. The first kappa shape index (κ1) is 21.6. The summed E-state index contributed by atoms with van der Waals surface area (Å²) in [6.45, 7) is 4.26. The number of nitrogens with two attached hydrogens (primary N) is 1. The average Bonchev–Trinajstić information content (AvgIpc) is 3.01. The lowest BCUT2D eigenvalue weighted by Crippen LogP contribution is -2.20. The monoisotopic (exact) mass is 434 g/mol. The average molecular weight is 435 g/mol. The van der Waals surface area contributed by atoms with Crippen LogP contribution < -0.4 is 16.6 Å². The SMILES string of the molecule is CCCCc1cc(=O)[nH]c(SCC(=O)Nc2sc3c(c2C(N)=O)CCC(C)C3)n1. The van der Waals surface area contributed by atoms with E-state index in [2.05, 4.69) is 29.1 Å². The molecular weight excluding hydrogens is 408 g/mol. The second-order valence-corrected chi connectivity index (χ2v) is 9.47. The topological polar surface area (TPSA) is 118 Å². The zero-order valence-electron chi connectivity index (χ0n) is 16.7. The highest BCUT2D eigenvalue weighted by Crippen LogP contribution is 2.39. The van der Waals surface area contributed by atoms with Crippen LogP contribution in [0, 0.1) is 5.92 Å². The summed E-state index contributed by atoms with van der Waals surface area (Å²) in [6.07, 6.45) is 5.44. The van der Waals surface area contributed by atoms with Crippen molar-refractivity contribution in [1.82, 2.24) is 9.97 Å². The summed E-state index contributed by atoms with van der Waals surface area (Å²) in [5.74, 6) is -0.124. The van der Waals surface area contributed by atoms with Crippen molar-refractivity contribution >= 4 is 39.9 Å². The number of nitrogens with one attached hydrogen (secondary N) is 2. The normalized spacial score (nSPS) is 15.7. The molecule has 3 rings (SSSR count). The van der Waals surface area contributed by atoms with E-state index in [-0.39, 0.29) is 17.2 Å². The number of aryl methyl sites for hydroxylation is 1. The van der Waals surface area contributed by atoms with Gasteiger partial charge in [-0.2, -0.15) is 0 Å². The molecule has 2 aromatic heterocycles. The van der Waals surface area contributed by atoms with Gasteiger partial charge in [0.25, 0.3) is 11.5 Å². The maximum atomic E-state index is 12.5. The molecule has 4 N–H and O–H groups in total. The standard InChI is InChI=1S/C20H26N4O3S2/c1-3-4-5-12-9-15(25)24-20(22-12)28-10-16(26)23-19-17(18(21)27)13-7-6-11(2)8-14(13)29-19/h9,11H,3-8,10H2,1-2H3,(H2,21,27)(H,23,26)(H,22,24,25). The van der Waals surface area contributed by atoms with E-state index in [9.17, 15) is 14.4 Å². The number of anilines is 1. The van der Waals surface area contributed by atoms with Crippen LogP contribution in [-0.4, -0.2) is 27.5 Å². The smallest absolute Gasteiger partial charge is 0.251 e. The van der Waals surface area contributed by atoms with Gasteiger partial charge < -0.3 is 16.0 Å². The zero-order chi connectivity index (χ0) is 21.0. The first-order chi connectivity index (χ1) is 13.9. The molecule has 2 heterocycles. The number of hydrogen-bond acceptors (Lipinski definition) is 6. The summed E-state index contributed by atoms with van der Waals surface area (Å²) in [7, 11) is 0. The first-order valence-corrected chi connectivity index (χ1v) is 11.6. The lowest BCUT2D eigenvalue weighted by atomic mass is 9.88. The number of unbranched alkanes of at least 4 members (excludes halogenated alkanes) is 1. The van der Waals surface area contributed by atoms with Crippen molar-refractivity contribution in [2.45, 2.75) is 57.5 Å². The Hall–Kier alpha value is -2.13. The van der Waals surface area contributed by atoms with Gasteiger partial charge in [-0.25, -0.2) is 4.98 Å². The number of carbonyl (C=O) groups excluding carboxylic acids is 2. The van der Waals surface area contributed by atoms with Crippen LogP contribution >= 0.6 is 23.1 Å². The fourth-order valence-electron chi connectivity index (χ4n) is 3.43. The van der Waals surface area contributed by atoms with Gasteiger partial charge in [-0.15, -0.1) is 11.3 Å². The Morgan fingerprint density at radius 3 is 2.97 bits per heavy atom. The van der Waals surface area contributed by atoms with Crippen LogP contribution in [0.3, 0.4) is 0 Å². The molecule has 2 amide bonds. The van der Waals surface area contributed by atoms with E-state index in [1.165, 1.54) is 29.2 Å². The van der Waals surface area contributed by atoms with E-state index in [1.54, 1.807) is 0 Å². The van der Waals surface area contributed by atoms with Crippen molar-refractivity contribution < 1.29 is 9.59 Å². The third-order valence-corrected chi connectivity index (χ3v) is 6.95. The minimum Gasteiger partial charge on any atom is -0.365 e. The van der Waals surface area contributed by atoms with E-state index >= 15 is 0 Å². The third-order valence-electron chi connectivity index (χ3n) is 4.91. The van der Waals surface area contributed by atoms with E-state index in [0.29, 0.717) is 21.6 Å². The van der Waals surface area contributed by atoms with E-state index in [1.807, 2.05) is 0 Å². The number of H-pyrrole nitrogens is 1. The molecule has 1 unspecified atom stereocenters. The molecule has 1 aliphatic rings. The Kier molecular flexibility index (Phi) is 7.13. The summed E-state index contributed by atoms with van der Waals surface area (Å²) in [4.78, 5) is 44.5. The van der Waals surface area contributed by atoms with Gasteiger partial charge in [0.05, 0.1) is 11.3 Å². The highest BCUT2D eigenvalue weighted by Gasteiger charge is 2.27. The molecular formula is C20H26N4O3S2. The van der Waals surface area contributed by atoms with Crippen molar-refractivity contribution in [2.24, 2.45) is 11.7 Å². The summed E-state index contributed by atoms with van der Waals surface area (Å²) in [5, 5.41) is 3.79. The molecule has 0 radical (unpaired) electrons. The van der Waals surface area contributed by atoms with Crippen LogP contribution in [0.4, 0.5) is 5.00 Å². The Labute approximate surface area is 177 Å². The molecule has 29 heavy (non-hydrogen) atoms. The van der Waals surface area contributed by atoms with Gasteiger partial charge in [0, 0.05) is 16.6 Å². The fraction of sp³-hybridized carbons (Fsp3) is 0.500. The van der Waals surface area contributed by atoms with Gasteiger partial charge in [0.2, 0.25) is 5.91 Å². The van der Waals surface area contributed by atoms with E-state index < -0.39 is 5.91 Å². The van der Waals surface area contributed by atoms with Crippen molar-refractivity contribution in [3.63, 3.8) is 0 Å². The van der Waals surface area contributed by atoms with Gasteiger partial charge in [-0.05, 0) is 43.6 Å². The third kappa shape index (κ3) is 5.48. The highest BCUT2D eigenvalue weighted by molar-refractivity contribution is 7.99.